The van der Waals surface area contributed by atoms with Crippen molar-refractivity contribution in [2.45, 2.75) is 84.7 Å². The molecule has 0 spiro atoms. The van der Waals surface area contributed by atoms with E-state index in [0.29, 0.717) is 6.42 Å². The second kappa shape index (κ2) is 31.4. The molecule has 0 aromatic carbocycles. The molecule has 0 saturated carbocycles. The summed E-state index contributed by atoms with van der Waals surface area (Å²) in [5, 5.41) is 0. The van der Waals surface area contributed by atoms with Crippen molar-refractivity contribution in [1.82, 2.24) is 0 Å². The second-order valence-corrected chi connectivity index (χ2v) is 6.53. The zero-order chi connectivity index (χ0) is 16.3. The van der Waals surface area contributed by atoms with Crippen LogP contribution in [0.4, 0.5) is 0 Å². The number of carbonyl (C=O) groups is 1. The fourth-order valence-corrected chi connectivity index (χ4v) is 1.74. The smallest absolute Gasteiger partial charge is 1.00 e. The molecule has 0 heterocycles. The Labute approximate surface area is 184 Å². The third-order valence-corrected chi connectivity index (χ3v) is 2.88. The first-order valence-corrected chi connectivity index (χ1v) is 10.6. The third kappa shape index (κ3) is 38.3. The van der Waals surface area contributed by atoms with Gasteiger partial charge in [0.05, 0.1) is 0 Å². The van der Waals surface area contributed by atoms with E-state index in [0.717, 1.165) is 28.8 Å². The molecule has 1 amide bonds. The zero-order valence-electron chi connectivity index (χ0n) is 15.8. The van der Waals surface area contributed by atoms with Gasteiger partial charge in [-0.05, 0) is 12.8 Å². The van der Waals surface area contributed by atoms with Crippen molar-refractivity contribution >= 4 is 15.4 Å². The molecule has 24 heavy (non-hydrogen) atoms. The van der Waals surface area contributed by atoms with Gasteiger partial charge in [0.15, 0.2) is 0 Å². The fraction of sp³-hybridized carbons (Fsp3) is 0.722. The number of amides is 1. The van der Waals surface area contributed by atoms with E-state index in [9.17, 15) is 4.79 Å². The number of carbonyl (C=O) groups excluding carboxylic acids is 1. The van der Waals surface area contributed by atoms with Gasteiger partial charge in [-0.3, -0.25) is 6.08 Å². The minimum absolute atomic E-state index is 0. The molecule has 0 bridgehead atoms. The molecule has 139 valence electrons. The van der Waals surface area contributed by atoms with Gasteiger partial charge in [0.25, 0.3) is 0 Å². The molecular formula is C18H34Cl2NOSiZr. The Kier molecular flexibility index (Phi) is 46.7. The number of nitrogens with one attached hydrogen (secondary N) is 1. The summed E-state index contributed by atoms with van der Waals surface area (Å²) in [6.07, 6.45) is 17.2. The maximum atomic E-state index is 10.2. The van der Waals surface area contributed by atoms with Crippen LogP contribution in [0.25, 0.3) is 5.73 Å². The standard InChI is InChI=1S/C10H21NO.C6H7.C2H7Si.2ClH.Zr/c1-2-3-4-5-6-7-8-9-10(11)12;1-6-4-2-3-5-6;1-3-2;;;/h2-9H2,1H3,(H2,11,12);4-5H,2H2,1H3;3H,1-2H3;2*1H;/q;-1;;;;+4/p-3. The third-order valence-electron chi connectivity index (χ3n) is 2.88. The van der Waals surface area contributed by atoms with E-state index in [1.54, 1.807) is 0 Å². The molecule has 1 aliphatic carbocycles. The molecule has 2 nitrogen and oxygen atoms in total. The summed E-state index contributed by atoms with van der Waals surface area (Å²) >= 11 is 0. The summed E-state index contributed by atoms with van der Waals surface area (Å²) in [7, 11) is 0.750. The molecule has 0 aromatic heterocycles. The number of hydrogen-bond donors (Lipinski definition) is 0. The monoisotopic (exact) mass is 468 g/mol. The molecule has 0 saturated heterocycles. The molecule has 1 N–H and O–H groups in total. The fourth-order valence-electron chi connectivity index (χ4n) is 1.74. The summed E-state index contributed by atoms with van der Waals surface area (Å²) in [5.41, 5.74) is 8.03. The molecular weight excluding hydrogens is 436 g/mol. The topological polar surface area (TPSA) is 40.9 Å². The van der Waals surface area contributed by atoms with E-state index in [1.165, 1.54) is 37.7 Å². The Morgan fingerprint density at radius 2 is 1.58 bits per heavy atom. The van der Waals surface area contributed by atoms with Gasteiger partial charge in [0, 0.05) is 15.4 Å². The maximum absolute atomic E-state index is 10.2. The largest absolute Gasteiger partial charge is 4.00 e. The number of unbranched alkanes of at least 4 members (excludes halogenated alkanes) is 6. The minimum atomic E-state index is -0.413. The summed E-state index contributed by atoms with van der Waals surface area (Å²) < 4.78 is 0. The van der Waals surface area contributed by atoms with E-state index >= 15 is 0 Å². The minimum Gasteiger partial charge on any atom is -1.00 e. The van der Waals surface area contributed by atoms with Gasteiger partial charge >= 0.3 is 26.2 Å². The average molecular weight is 471 g/mol. The van der Waals surface area contributed by atoms with Gasteiger partial charge in [-0.25, -0.2) is 11.6 Å². The summed E-state index contributed by atoms with van der Waals surface area (Å²) in [6.45, 7) is 8.71. The molecule has 0 aromatic rings. The van der Waals surface area contributed by atoms with E-state index in [-0.39, 0.29) is 51.0 Å². The molecule has 1 aliphatic rings. The Balaban J connectivity index is -0.0000000852. The second-order valence-electron chi connectivity index (χ2n) is 5.37. The SMILES string of the molecule is CC1=CC[C-]=C1.CCCCCCCCCC([NH-])=O.C[SiH]C.[Cl-].[Cl-].[Zr+4]. The number of rotatable bonds is 8. The van der Waals surface area contributed by atoms with Crippen molar-refractivity contribution in [3.8, 4) is 0 Å². The van der Waals surface area contributed by atoms with E-state index in [1.807, 2.05) is 6.08 Å². The van der Waals surface area contributed by atoms with Gasteiger partial charge in [0.2, 0.25) is 0 Å². The van der Waals surface area contributed by atoms with Crippen LogP contribution in [0.1, 0.15) is 71.6 Å². The Bertz CT molecular complexity index is 298. The quantitative estimate of drug-likeness (QED) is 0.278. The molecule has 0 fully saturated rings. The Morgan fingerprint density at radius 1 is 1.12 bits per heavy atom. The van der Waals surface area contributed by atoms with Crippen LogP contribution in [0.3, 0.4) is 0 Å². The van der Waals surface area contributed by atoms with Crippen LogP contribution in [0, 0.1) is 6.08 Å². The molecule has 0 atom stereocenters. The molecule has 6 heteroatoms. The van der Waals surface area contributed by atoms with Crippen LogP contribution in [0.5, 0.6) is 0 Å². The maximum Gasteiger partial charge on any atom is 4.00 e. The number of hydrogen-bond acceptors (Lipinski definition) is 1. The van der Waals surface area contributed by atoms with E-state index in [2.05, 4.69) is 39.1 Å². The number of allylic oxidation sites excluding steroid dienone is 4. The first-order chi connectivity index (χ1) is 10.1. The van der Waals surface area contributed by atoms with Crippen LogP contribution in [0.15, 0.2) is 17.7 Å². The summed E-state index contributed by atoms with van der Waals surface area (Å²) in [6, 6.07) is 0. The van der Waals surface area contributed by atoms with Crippen molar-refractivity contribution < 1.29 is 55.8 Å². The predicted octanol–water partition coefficient (Wildman–Crippen LogP) is -0.0737. The van der Waals surface area contributed by atoms with Crippen molar-refractivity contribution in [3.05, 3.63) is 29.5 Å². The van der Waals surface area contributed by atoms with Gasteiger partial charge in [0.1, 0.15) is 0 Å². The van der Waals surface area contributed by atoms with Crippen LogP contribution in [-0.2, 0) is 31.0 Å². The van der Waals surface area contributed by atoms with Crippen LogP contribution in [0.2, 0.25) is 13.1 Å². The van der Waals surface area contributed by atoms with Crippen molar-refractivity contribution in [2.24, 2.45) is 0 Å². The van der Waals surface area contributed by atoms with Crippen molar-refractivity contribution in [1.29, 1.82) is 0 Å². The Morgan fingerprint density at radius 3 is 1.88 bits per heavy atom. The summed E-state index contributed by atoms with van der Waals surface area (Å²) in [4.78, 5) is 10.2. The van der Waals surface area contributed by atoms with Crippen LogP contribution >= 0.6 is 0 Å². The van der Waals surface area contributed by atoms with Crippen molar-refractivity contribution in [3.63, 3.8) is 0 Å². The first-order valence-electron chi connectivity index (χ1n) is 8.30. The average Bonchev–Trinajstić information content (AvgIpc) is 2.90. The van der Waals surface area contributed by atoms with E-state index in [4.69, 9.17) is 5.73 Å². The normalized spacial score (nSPS) is 10.4. The van der Waals surface area contributed by atoms with Gasteiger partial charge in [-0.2, -0.15) is 6.08 Å². The van der Waals surface area contributed by atoms with Crippen molar-refractivity contribution in [2.75, 3.05) is 0 Å². The number of halogens is 2. The van der Waals surface area contributed by atoms with Gasteiger partial charge in [-0.15, -0.1) is 13.3 Å². The van der Waals surface area contributed by atoms with E-state index < -0.39 is 5.91 Å². The molecule has 1 radical (unpaired) electrons. The van der Waals surface area contributed by atoms with Crippen LogP contribution < -0.4 is 24.8 Å². The summed E-state index contributed by atoms with van der Waals surface area (Å²) in [5.74, 6) is -0.413. The first kappa shape index (κ1) is 35.7. The molecule has 0 aliphatic heterocycles. The van der Waals surface area contributed by atoms with Crippen LogP contribution in [-0.4, -0.2) is 15.4 Å². The zero-order valence-corrected chi connectivity index (χ0v) is 20.9. The molecule has 0 unspecified atom stereocenters. The van der Waals surface area contributed by atoms with Gasteiger partial charge < -0.3 is 35.3 Å². The predicted molar refractivity (Wildman–Crippen MR) is 97.0 cm³/mol. The van der Waals surface area contributed by atoms with Gasteiger partial charge in [-0.1, -0.05) is 58.5 Å². The Hall–Kier alpha value is 0.630. The molecule has 1 rings (SSSR count).